The summed E-state index contributed by atoms with van der Waals surface area (Å²) in [5.41, 5.74) is 1.41. The Morgan fingerprint density at radius 1 is 1.25 bits per heavy atom. The van der Waals surface area contributed by atoms with Gasteiger partial charge in [-0.25, -0.2) is 0 Å². The fraction of sp³-hybridized carbons (Fsp3) is 0.571. The van der Waals surface area contributed by atoms with Crippen molar-refractivity contribution in [3.05, 3.63) is 35.9 Å². The summed E-state index contributed by atoms with van der Waals surface area (Å²) in [5.74, 6) is 0.641. The van der Waals surface area contributed by atoms with E-state index in [2.05, 4.69) is 42.6 Å². The van der Waals surface area contributed by atoms with E-state index < -0.39 is 0 Å². The minimum Gasteiger partial charge on any atom is -0.382 e. The van der Waals surface area contributed by atoms with Gasteiger partial charge in [-0.3, -0.25) is 0 Å². The van der Waals surface area contributed by atoms with Crippen molar-refractivity contribution in [2.24, 2.45) is 5.92 Å². The van der Waals surface area contributed by atoms with Gasteiger partial charge in [0.25, 0.3) is 0 Å². The standard InChI is InChI=1S/C14H23NO/c1-12(16-3)9-14(11-15-2)10-13-7-5-4-6-8-13/h4-8,12,14-15H,9-11H2,1-3H3. The van der Waals surface area contributed by atoms with E-state index >= 15 is 0 Å². The zero-order valence-electron chi connectivity index (χ0n) is 10.6. The van der Waals surface area contributed by atoms with E-state index in [-0.39, 0.29) is 0 Å². The number of methoxy groups -OCH3 is 1. The fourth-order valence-electron chi connectivity index (χ4n) is 2.04. The molecule has 0 heterocycles. The second-order valence-electron chi connectivity index (χ2n) is 4.40. The molecule has 0 bridgehead atoms. The lowest BCUT2D eigenvalue weighted by atomic mass is 9.94. The molecule has 16 heavy (non-hydrogen) atoms. The summed E-state index contributed by atoms with van der Waals surface area (Å²) in [4.78, 5) is 0. The van der Waals surface area contributed by atoms with E-state index in [9.17, 15) is 0 Å². The van der Waals surface area contributed by atoms with Crippen LogP contribution in [0.2, 0.25) is 0 Å². The molecule has 0 saturated heterocycles. The van der Waals surface area contributed by atoms with Crippen molar-refractivity contribution in [2.75, 3.05) is 20.7 Å². The summed E-state index contributed by atoms with van der Waals surface area (Å²) >= 11 is 0. The maximum atomic E-state index is 5.34. The monoisotopic (exact) mass is 221 g/mol. The molecule has 0 aliphatic rings. The van der Waals surface area contributed by atoms with Crippen LogP contribution in [0, 0.1) is 5.92 Å². The van der Waals surface area contributed by atoms with E-state index in [1.807, 2.05) is 7.05 Å². The van der Waals surface area contributed by atoms with Crippen molar-refractivity contribution in [1.29, 1.82) is 0 Å². The van der Waals surface area contributed by atoms with Crippen LogP contribution in [0.25, 0.3) is 0 Å². The lowest BCUT2D eigenvalue weighted by molar-refractivity contribution is 0.0949. The first-order valence-corrected chi connectivity index (χ1v) is 5.97. The quantitative estimate of drug-likeness (QED) is 0.764. The zero-order chi connectivity index (χ0) is 11.8. The van der Waals surface area contributed by atoms with Gasteiger partial charge in [-0.1, -0.05) is 30.3 Å². The van der Waals surface area contributed by atoms with E-state index in [1.54, 1.807) is 7.11 Å². The third-order valence-corrected chi connectivity index (χ3v) is 2.93. The smallest absolute Gasteiger partial charge is 0.0546 e. The average Bonchev–Trinajstić information content (AvgIpc) is 2.30. The normalized spacial score (nSPS) is 14.7. The highest BCUT2D eigenvalue weighted by atomic mass is 16.5. The van der Waals surface area contributed by atoms with Crippen LogP contribution in [0.15, 0.2) is 30.3 Å². The number of hydrogen-bond donors (Lipinski definition) is 1. The van der Waals surface area contributed by atoms with Gasteiger partial charge in [0.2, 0.25) is 0 Å². The average molecular weight is 221 g/mol. The molecule has 1 rings (SSSR count). The molecule has 0 aromatic heterocycles. The van der Waals surface area contributed by atoms with Gasteiger partial charge in [0.1, 0.15) is 0 Å². The van der Waals surface area contributed by atoms with Crippen LogP contribution in [0.3, 0.4) is 0 Å². The Kier molecular flexibility index (Phi) is 6.12. The summed E-state index contributed by atoms with van der Waals surface area (Å²) in [6, 6.07) is 10.7. The van der Waals surface area contributed by atoms with Crippen LogP contribution < -0.4 is 5.32 Å². The van der Waals surface area contributed by atoms with Gasteiger partial charge >= 0.3 is 0 Å². The maximum Gasteiger partial charge on any atom is 0.0546 e. The SMILES string of the molecule is CNCC(Cc1ccccc1)CC(C)OC. The molecule has 0 radical (unpaired) electrons. The second kappa shape index (κ2) is 7.42. The Labute approximate surface area is 99.0 Å². The van der Waals surface area contributed by atoms with Gasteiger partial charge in [-0.05, 0) is 44.8 Å². The lowest BCUT2D eigenvalue weighted by Crippen LogP contribution is -2.24. The third-order valence-electron chi connectivity index (χ3n) is 2.93. The Balaban J connectivity index is 2.50. The van der Waals surface area contributed by atoms with Crippen molar-refractivity contribution < 1.29 is 4.74 Å². The van der Waals surface area contributed by atoms with E-state index in [4.69, 9.17) is 4.74 Å². The molecule has 0 spiro atoms. The molecular weight excluding hydrogens is 198 g/mol. The first-order valence-electron chi connectivity index (χ1n) is 5.97. The zero-order valence-corrected chi connectivity index (χ0v) is 10.6. The Morgan fingerprint density at radius 2 is 1.94 bits per heavy atom. The molecule has 0 aliphatic carbocycles. The molecule has 2 atom stereocenters. The minimum absolute atomic E-state index is 0.335. The largest absolute Gasteiger partial charge is 0.382 e. The molecule has 2 heteroatoms. The highest BCUT2D eigenvalue weighted by molar-refractivity contribution is 5.15. The highest BCUT2D eigenvalue weighted by Gasteiger charge is 2.12. The first kappa shape index (κ1) is 13.2. The van der Waals surface area contributed by atoms with Gasteiger partial charge in [0.05, 0.1) is 6.10 Å². The second-order valence-corrected chi connectivity index (χ2v) is 4.40. The number of ether oxygens (including phenoxy) is 1. The van der Waals surface area contributed by atoms with Gasteiger partial charge in [0.15, 0.2) is 0 Å². The summed E-state index contributed by atoms with van der Waals surface area (Å²) in [6.07, 6.45) is 2.56. The van der Waals surface area contributed by atoms with Gasteiger partial charge < -0.3 is 10.1 Å². The topological polar surface area (TPSA) is 21.3 Å². The third kappa shape index (κ3) is 4.77. The molecule has 0 aliphatic heterocycles. The Morgan fingerprint density at radius 3 is 2.50 bits per heavy atom. The van der Waals surface area contributed by atoms with Crippen LogP contribution in [0.4, 0.5) is 0 Å². The Hall–Kier alpha value is -0.860. The molecule has 0 fully saturated rings. The summed E-state index contributed by atoms with van der Waals surface area (Å²) in [7, 11) is 3.79. The Bertz CT molecular complexity index is 273. The lowest BCUT2D eigenvalue weighted by Gasteiger charge is -2.20. The molecule has 1 aromatic rings. The molecular formula is C14H23NO. The maximum absolute atomic E-state index is 5.34. The number of rotatable bonds is 7. The highest BCUT2D eigenvalue weighted by Crippen LogP contribution is 2.14. The molecule has 0 amide bonds. The van der Waals surface area contributed by atoms with Crippen LogP contribution in [0.1, 0.15) is 18.9 Å². The molecule has 1 aromatic carbocycles. The van der Waals surface area contributed by atoms with Crippen molar-refractivity contribution >= 4 is 0 Å². The van der Waals surface area contributed by atoms with E-state index in [0.717, 1.165) is 19.4 Å². The first-order chi connectivity index (χ1) is 7.76. The minimum atomic E-state index is 0.335. The van der Waals surface area contributed by atoms with E-state index in [1.165, 1.54) is 5.56 Å². The van der Waals surface area contributed by atoms with Gasteiger partial charge in [0, 0.05) is 7.11 Å². The van der Waals surface area contributed by atoms with Crippen molar-refractivity contribution in [2.45, 2.75) is 25.9 Å². The number of nitrogens with one attached hydrogen (secondary N) is 1. The summed E-state index contributed by atoms with van der Waals surface area (Å²) < 4.78 is 5.34. The predicted molar refractivity (Wildman–Crippen MR) is 68.7 cm³/mol. The van der Waals surface area contributed by atoms with Crippen LogP contribution >= 0.6 is 0 Å². The fourth-order valence-corrected chi connectivity index (χ4v) is 2.04. The van der Waals surface area contributed by atoms with Crippen molar-refractivity contribution in [1.82, 2.24) is 5.32 Å². The van der Waals surface area contributed by atoms with Crippen molar-refractivity contribution in [3.63, 3.8) is 0 Å². The number of benzene rings is 1. The summed E-state index contributed by atoms with van der Waals surface area (Å²) in [5, 5.41) is 3.26. The number of hydrogen-bond acceptors (Lipinski definition) is 2. The molecule has 1 N–H and O–H groups in total. The van der Waals surface area contributed by atoms with Gasteiger partial charge in [-0.2, -0.15) is 0 Å². The van der Waals surface area contributed by atoms with Crippen LogP contribution in [0.5, 0.6) is 0 Å². The molecule has 2 unspecified atom stereocenters. The van der Waals surface area contributed by atoms with E-state index in [0.29, 0.717) is 12.0 Å². The van der Waals surface area contributed by atoms with Crippen molar-refractivity contribution in [3.8, 4) is 0 Å². The van der Waals surface area contributed by atoms with Crippen LogP contribution in [-0.4, -0.2) is 26.8 Å². The van der Waals surface area contributed by atoms with Crippen LogP contribution in [-0.2, 0) is 11.2 Å². The molecule has 2 nitrogen and oxygen atoms in total. The van der Waals surface area contributed by atoms with Gasteiger partial charge in [-0.15, -0.1) is 0 Å². The predicted octanol–water partition coefficient (Wildman–Crippen LogP) is 2.49. The molecule has 90 valence electrons. The summed E-state index contributed by atoms with van der Waals surface area (Å²) in [6.45, 7) is 3.18. The molecule has 0 saturated carbocycles.